The Balaban J connectivity index is 2.60. The van der Waals surface area contributed by atoms with Gasteiger partial charge in [-0.1, -0.05) is 0 Å². The summed E-state index contributed by atoms with van der Waals surface area (Å²) in [5.41, 5.74) is -1.45. The van der Waals surface area contributed by atoms with Crippen LogP contribution in [-0.2, 0) is 19.1 Å². The van der Waals surface area contributed by atoms with Crippen LogP contribution in [0.25, 0.3) is 0 Å². The summed E-state index contributed by atoms with van der Waals surface area (Å²) in [6, 6.07) is 0. The minimum absolute atomic E-state index is 0.0600. The molecule has 0 N–H and O–H groups in total. The molecule has 1 aliphatic rings. The molecule has 0 aromatic heterocycles. The molecule has 4 nitrogen and oxygen atoms in total. The molecule has 0 aliphatic carbocycles. The van der Waals surface area contributed by atoms with Crippen LogP contribution < -0.4 is 0 Å². The maximum Gasteiger partial charge on any atom is 0.522 e. The third-order valence-electron chi connectivity index (χ3n) is 2.62. The van der Waals surface area contributed by atoms with Crippen LogP contribution in [-0.4, -0.2) is 31.3 Å². The minimum atomic E-state index is -4.75. The first-order valence-corrected chi connectivity index (χ1v) is 4.67. The van der Waals surface area contributed by atoms with E-state index in [1.807, 2.05) is 0 Å². The van der Waals surface area contributed by atoms with Crippen LogP contribution in [0, 0.1) is 5.41 Å². The van der Waals surface area contributed by atoms with E-state index in [1.165, 1.54) is 6.92 Å². The molecule has 1 atom stereocenters. The largest absolute Gasteiger partial charge is 0.522 e. The molecular weight excluding hydrogens is 229 g/mol. The fourth-order valence-corrected chi connectivity index (χ4v) is 1.62. The fraction of sp³-hybridized carbons (Fsp3) is 0.778. The summed E-state index contributed by atoms with van der Waals surface area (Å²) < 4.78 is 43.4. The van der Waals surface area contributed by atoms with Crippen molar-refractivity contribution in [1.82, 2.24) is 0 Å². The third-order valence-corrected chi connectivity index (χ3v) is 2.62. The highest BCUT2D eigenvalue weighted by atomic mass is 19.4. The summed E-state index contributed by atoms with van der Waals surface area (Å²) in [5.74, 6) is -1.24. The minimum Gasteiger partial charge on any atom is -0.465 e. The molecule has 7 heteroatoms. The molecule has 0 aromatic carbocycles. The zero-order chi connectivity index (χ0) is 12.4. The molecular formula is C9H11F3O4. The third kappa shape index (κ3) is 2.72. The van der Waals surface area contributed by atoms with Crippen LogP contribution in [0.1, 0.15) is 19.8 Å². The lowest BCUT2D eigenvalue weighted by Gasteiger charge is -2.21. The summed E-state index contributed by atoms with van der Waals surface area (Å²) in [7, 11) is 0. The van der Waals surface area contributed by atoms with Crippen LogP contribution in [0.15, 0.2) is 0 Å². The lowest BCUT2D eigenvalue weighted by Crippen LogP contribution is -2.36. The number of halogens is 3. The molecule has 92 valence electrons. The Labute approximate surface area is 89.7 Å². The van der Waals surface area contributed by atoms with Crippen LogP contribution in [0.3, 0.4) is 0 Å². The van der Waals surface area contributed by atoms with Gasteiger partial charge in [0.05, 0.1) is 13.2 Å². The van der Waals surface area contributed by atoms with E-state index in [0.717, 1.165) is 0 Å². The number of Topliss-reactive ketones (excluding diaryl/α,β-unsaturated/α-hetero) is 1. The van der Waals surface area contributed by atoms with E-state index in [4.69, 9.17) is 0 Å². The fourth-order valence-electron chi connectivity index (χ4n) is 1.62. The smallest absolute Gasteiger partial charge is 0.465 e. The van der Waals surface area contributed by atoms with Gasteiger partial charge >= 0.3 is 12.3 Å². The van der Waals surface area contributed by atoms with E-state index < -0.39 is 30.1 Å². The van der Waals surface area contributed by atoms with Crippen molar-refractivity contribution in [3.8, 4) is 0 Å². The van der Waals surface area contributed by atoms with E-state index in [1.54, 1.807) is 0 Å². The molecule has 0 radical (unpaired) electrons. The van der Waals surface area contributed by atoms with Crippen molar-refractivity contribution in [3.05, 3.63) is 0 Å². The van der Waals surface area contributed by atoms with Crippen LogP contribution in [0.5, 0.6) is 0 Å². The average molecular weight is 240 g/mol. The molecule has 0 amide bonds. The van der Waals surface area contributed by atoms with Crippen molar-refractivity contribution in [2.24, 2.45) is 5.41 Å². The Bertz CT molecular complexity index is 300. The van der Waals surface area contributed by atoms with Crippen molar-refractivity contribution < 1.29 is 32.2 Å². The number of cyclic esters (lactones) is 1. The molecule has 1 unspecified atom stereocenters. The lowest BCUT2D eigenvalue weighted by atomic mass is 9.80. The normalized spacial score (nSPS) is 25.6. The standard InChI is InChI=1S/C9H11F3O4/c1-6(13)8(2-4-15-7(8)14)3-5-16-9(10,11)12/h2-5H2,1H3. The summed E-state index contributed by atoms with van der Waals surface area (Å²) in [6.45, 7) is 0.503. The van der Waals surface area contributed by atoms with Gasteiger partial charge in [-0.05, 0) is 13.3 Å². The van der Waals surface area contributed by atoms with E-state index >= 15 is 0 Å². The average Bonchev–Trinajstić information content (AvgIpc) is 2.46. The zero-order valence-corrected chi connectivity index (χ0v) is 8.60. The van der Waals surface area contributed by atoms with Crippen molar-refractivity contribution in [3.63, 3.8) is 0 Å². The molecule has 0 aromatic rings. The van der Waals surface area contributed by atoms with Gasteiger partial charge < -0.3 is 4.74 Å². The maximum absolute atomic E-state index is 11.7. The first-order valence-electron chi connectivity index (χ1n) is 4.67. The molecule has 0 bridgehead atoms. The number of carbonyl (C=O) groups excluding carboxylic acids is 2. The van der Waals surface area contributed by atoms with Gasteiger partial charge in [0, 0.05) is 6.42 Å². The van der Waals surface area contributed by atoms with Gasteiger partial charge in [-0.15, -0.1) is 13.2 Å². The van der Waals surface area contributed by atoms with E-state index in [2.05, 4.69) is 9.47 Å². The SMILES string of the molecule is CC(=O)C1(CCOC(F)(F)F)CCOC1=O. The van der Waals surface area contributed by atoms with Gasteiger partial charge in [-0.2, -0.15) is 0 Å². The Morgan fingerprint density at radius 3 is 2.56 bits per heavy atom. The molecule has 1 rings (SSSR count). The van der Waals surface area contributed by atoms with Gasteiger partial charge in [-0.25, -0.2) is 0 Å². The Morgan fingerprint density at radius 2 is 2.19 bits per heavy atom. The quantitative estimate of drug-likeness (QED) is 0.551. The van der Waals surface area contributed by atoms with Crippen LogP contribution in [0.4, 0.5) is 13.2 Å². The van der Waals surface area contributed by atoms with Gasteiger partial charge in [0.1, 0.15) is 11.2 Å². The summed E-state index contributed by atoms with van der Waals surface area (Å²) in [4.78, 5) is 22.6. The number of alkyl halides is 3. The zero-order valence-electron chi connectivity index (χ0n) is 8.60. The highest BCUT2D eigenvalue weighted by Gasteiger charge is 2.49. The summed E-state index contributed by atoms with van der Waals surface area (Å²) in [5, 5.41) is 0. The Kier molecular flexibility index (Phi) is 3.57. The van der Waals surface area contributed by atoms with Gasteiger partial charge in [0.25, 0.3) is 0 Å². The first kappa shape index (κ1) is 13.0. The second-order valence-electron chi connectivity index (χ2n) is 3.57. The topological polar surface area (TPSA) is 52.6 Å². The Hall–Kier alpha value is -1.11. The van der Waals surface area contributed by atoms with E-state index in [0.29, 0.717) is 0 Å². The van der Waals surface area contributed by atoms with Crippen molar-refractivity contribution in [2.45, 2.75) is 26.1 Å². The summed E-state index contributed by atoms with van der Waals surface area (Å²) >= 11 is 0. The monoisotopic (exact) mass is 240 g/mol. The van der Waals surface area contributed by atoms with E-state index in [-0.39, 0.29) is 19.4 Å². The number of ketones is 1. The highest BCUT2D eigenvalue weighted by molar-refractivity contribution is 6.03. The summed E-state index contributed by atoms with van der Waals surface area (Å²) in [6.07, 6.45) is -4.94. The predicted octanol–water partition coefficient (Wildman–Crippen LogP) is 1.44. The number of carbonyl (C=O) groups is 2. The van der Waals surface area contributed by atoms with E-state index in [9.17, 15) is 22.8 Å². The number of hydrogen-bond acceptors (Lipinski definition) is 4. The molecule has 16 heavy (non-hydrogen) atoms. The molecule has 1 fully saturated rings. The number of esters is 1. The van der Waals surface area contributed by atoms with Gasteiger partial charge in [0.15, 0.2) is 0 Å². The van der Waals surface area contributed by atoms with Crippen molar-refractivity contribution in [1.29, 1.82) is 0 Å². The first-order chi connectivity index (χ1) is 7.28. The molecule has 0 saturated carbocycles. The van der Waals surface area contributed by atoms with Gasteiger partial charge in [0.2, 0.25) is 0 Å². The number of rotatable bonds is 4. The number of ether oxygens (including phenoxy) is 2. The second-order valence-corrected chi connectivity index (χ2v) is 3.57. The van der Waals surface area contributed by atoms with Crippen LogP contribution in [0.2, 0.25) is 0 Å². The van der Waals surface area contributed by atoms with Gasteiger partial charge in [-0.3, -0.25) is 14.3 Å². The highest BCUT2D eigenvalue weighted by Crippen LogP contribution is 2.35. The molecule has 1 aliphatic heterocycles. The number of hydrogen-bond donors (Lipinski definition) is 0. The lowest BCUT2D eigenvalue weighted by molar-refractivity contribution is -0.325. The second kappa shape index (κ2) is 4.40. The molecule has 1 saturated heterocycles. The molecule has 0 spiro atoms. The van der Waals surface area contributed by atoms with Crippen LogP contribution >= 0.6 is 0 Å². The molecule has 1 heterocycles. The van der Waals surface area contributed by atoms with Crippen molar-refractivity contribution in [2.75, 3.05) is 13.2 Å². The predicted molar refractivity (Wildman–Crippen MR) is 45.3 cm³/mol. The maximum atomic E-state index is 11.7. The Morgan fingerprint density at radius 1 is 1.56 bits per heavy atom. The van der Waals surface area contributed by atoms with Crippen molar-refractivity contribution >= 4 is 11.8 Å².